The number of hydrogen-bond donors (Lipinski definition) is 1. The third-order valence-corrected chi connectivity index (χ3v) is 3.50. The normalized spacial score (nSPS) is 10.6. The van der Waals surface area contributed by atoms with Crippen molar-refractivity contribution in [1.82, 2.24) is 9.55 Å². The summed E-state index contributed by atoms with van der Waals surface area (Å²) < 4.78 is 28.1. The molecule has 1 heterocycles. The Bertz CT molecular complexity index is 866. The molecule has 0 aliphatic carbocycles. The molecule has 0 radical (unpaired) electrons. The van der Waals surface area contributed by atoms with E-state index in [2.05, 4.69) is 10.3 Å². The van der Waals surface area contributed by atoms with Crippen molar-refractivity contribution in [2.24, 2.45) is 0 Å². The van der Waals surface area contributed by atoms with Gasteiger partial charge >= 0.3 is 0 Å². The van der Waals surface area contributed by atoms with Crippen LogP contribution in [0.15, 0.2) is 55.1 Å². The van der Waals surface area contributed by atoms with Crippen LogP contribution in [-0.2, 0) is 0 Å². The summed E-state index contributed by atoms with van der Waals surface area (Å²) in [5.74, 6) is -2.88. The van der Waals surface area contributed by atoms with E-state index in [4.69, 9.17) is 11.6 Å². The van der Waals surface area contributed by atoms with E-state index in [9.17, 15) is 13.6 Å². The van der Waals surface area contributed by atoms with E-state index in [0.717, 1.165) is 12.1 Å². The zero-order valence-electron chi connectivity index (χ0n) is 11.6. The molecular formula is C16H10ClF2N3O. The number of amides is 1. The third kappa shape index (κ3) is 3.07. The summed E-state index contributed by atoms with van der Waals surface area (Å²) in [5.41, 5.74) is 1.01. The lowest BCUT2D eigenvalue weighted by molar-refractivity contribution is 0.102. The fraction of sp³-hybridized carbons (Fsp3) is 0. The van der Waals surface area contributed by atoms with Crippen molar-refractivity contribution in [2.45, 2.75) is 0 Å². The maximum atomic E-state index is 13.3. The minimum Gasteiger partial charge on any atom is -0.320 e. The average Bonchev–Trinajstić information content (AvgIpc) is 3.05. The zero-order chi connectivity index (χ0) is 16.4. The SMILES string of the molecule is O=C(Nc1ccccc1-n1ccnc1)c1cc(F)c(F)cc1Cl. The third-order valence-electron chi connectivity index (χ3n) is 3.19. The summed E-state index contributed by atoms with van der Waals surface area (Å²) >= 11 is 5.82. The summed E-state index contributed by atoms with van der Waals surface area (Å²) in [5, 5.41) is 2.48. The Balaban J connectivity index is 1.94. The number of para-hydroxylation sites is 2. The summed E-state index contributed by atoms with van der Waals surface area (Å²) in [6.07, 6.45) is 4.90. The first-order chi connectivity index (χ1) is 11.1. The second-order valence-electron chi connectivity index (χ2n) is 4.69. The van der Waals surface area contributed by atoms with Gasteiger partial charge in [-0.15, -0.1) is 0 Å². The quantitative estimate of drug-likeness (QED) is 0.735. The van der Waals surface area contributed by atoms with E-state index in [-0.39, 0.29) is 10.6 Å². The molecule has 7 heteroatoms. The molecule has 0 fully saturated rings. The largest absolute Gasteiger partial charge is 0.320 e. The molecule has 0 bridgehead atoms. The van der Waals surface area contributed by atoms with Crippen LogP contribution in [-0.4, -0.2) is 15.5 Å². The lowest BCUT2D eigenvalue weighted by Crippen LogP contribution is -2.14. The van der Waals surface area contributed by atoms with Crippen molar-refractivity contribution in [3.63, 3.8) is 0 Å². The summed E-state index contributed by atoms with van der Waals surface area (Å²) in [4.78, 5) is 16.3. The predicted molar refractivity (Wildman–Crippen MR) is 82.9 cm³/mol. The second-order valence-corrected chi connectivity index (χ2v) is 5.09. The van der Waals surface area contributed by atoms with E-state index in [0.29, 0.717) is 11.4 Å². The monoisotopic (exact) mass is 333 g/mol. The Morgan fingerprint density at radius 3 is 2.65 bits per heavy atom. The molecule has 1 amide bonds. The van der Waals surface area contributed by atoms with Crippen molar-refractivity contribution in [1.29, 1.82) is 0 Å². The van der Waals surface area contributed by atoms with Crippen LogP contribution < -0.4 is 5.32 Å². The van der Waals surface area contributed by atoms with Gasteiger partial charge < -0.3 is 9.88 Å². The van der Waals surface area contributed by atoms with Gasteiger partial charge in [0.15, 0.2) is 11.6 Å². The van der Waals surface area contributed by atoms with Gasteiger partial charge in [-0.1, -0.05) is 23.7 Å². The highest BCUT2D eigenvalue weighted by atomic mass is 35.5. The maximum absolute atomic E-state index is 13.3. The first kappa shape index (κ1) is 15.2. The van der Waals surface area contributed by atoms with Gasteiger partial charge in [-0.3, -0.25) is 4.79 Å². The van der Waals surface area contributed by atoms with E-state index < -0.39 is 17.5 Å². The minimum absolute atomic E-state index is 0.147. The Hall–Kier alpha value is -2.73. The molecule has 0 aliphatic heterocycles. The number of aromatic nitrogens is 2. The minimum atomic E-state index is -1.14. The van der Waals surface area contributed by atoms with Gasteiger partial charge in [0.1, 0.15) is 0 Å². The molecule has 0 atom stereocenters. The van der Waals surface area contributed by atoms with Crippen molar-refractivity contribution < 1.29 is 13.6 Å². The lowest BCUT2D eigenvalue weighted by atomic mass is 10.2. The van der Waals surface area contributed by atoms with Crippen LogP contribution >= 0.6 is 11.6 Å². The van der Waals surface area contributed by atoms with Gasteiger partial charge in [0.2, 0.25) is 0 Å². The summed E-state index contributed by atoms with van der Waals surface area (Å²) in [6.45, 7) is 0. The number of rotatable bonds is 3. The maximum Gasteiger partial charge on any atom is 0.257 e. The van der Waals surface area contributed by atoms with Crippen LogP contribution in [0.1, 0.15) is 10.4 Å². The molecule has 0 unspecified atom stereocenters. The fourth-order valence-electron chi connectivity index (χ4n) is 2.09. The van der Waals surface area contributed by atoms with E-state index in [1.165, 1.54) is 0 Å². The number of carbonyl (C=O) groups excluding carboxylic acids is 1. The Morgan fingerprint density at radius 2 is 1.91 bits per heavy atom. The lowest BCUT2D eigenvalue weighted by Gasteiger charge is -2.12. The van der Waals surface area contributed by atoms with Crippen molar-refractivity contribution >= 4 is 23.2 Å². The highest BCUT2D eigenvalue weighted by Crippen LogP contribution is 2.24. The Kier molecular flexibility index (Phi) is 4.08. The van der Waals surface area contributed by atoms with Gasteiger partial charge in [-0.25, -0.2) is 13.8 Å². The molecule has 0 saturated heterocycles. The van der Waals surface area contributed by atoms with Crippen molar-refractivity contribution in [3.8, 4) is 5.69 Å². The van der Waals surface area contributed by atoms with Gasteiger partial charge in [0.25, 0.3) is 5.91 Å². The molecule has 0 spiro atoms. The number of halogens is 3. The van der Waals surface area contributed by atoms with E-state index in [1.54, 1.807) is 47.6 Å². The second kappa shape index (κ2) is 6.18. The molecule has 2 aromatic carbocycles. The molecule has 23 heavy (non-hydrogen) atoms. The Labute approximate surface area is 135 Å². The zero-order valence-corrected chi connectivity index (χ0v) is 12.4. The fourth-order valence-corrected chi connectivity index (χ4v) is 2.33. The highest BCUT2D eigenvalue weighted by molar-refractivity contribution is 6.34. The van der Waals surface area contributed by atoms with Crippen molar-refractivity contribution in [2.75, 3.05) is 5.32 Å². The van der Waals surface area contributed by atoms with E-state index in [1.807, 2.05) is 0 Å². The number of nitrogens with one attached hydrogen (secondary N) is 1. The molecule has 3 rings (SSSR count). The predicted octanol–water partition coefficient (Wildman–Crippen LogP) is 4.06. The van der Waals surface area contributed by atoms with Crippen LogP contribution in [0.2, 0.25) is 5.02 Å². The molecule has 0 saturated carbocycles. The standard InChI is InChI=1S/C16H10ClF2N3O/c17-11-8-13(19)12(18)7-10(11)16(23)21-14-3-1-2-4-15(14)22-6-5-20-9-22/h1-9H,(H,21,23). The number of carbonyl (C=O) groups is 1. The van der Waals surface area contributed by atoms with Crippen molar-refractivity contribution in [3.05, 3.63) is 77.3 Å². The van der Waals surface area contributed by atoms with Crippen LogP contribution in [0.25, 0.3) is 5.69 Å². The number of imidazole rings is 1. The van der Waals surface area contributed by atoms with Crippen LogP contribution in [0.3, 0.4) is 0 Å². The van der Waals surface area contributed by atoms with Gasteiger partial charge in [0, 0.05) is 12.4 Å². The van der Waals surface area contributed by atoms with Crippen LogP contribution in [0, 0.1) is 11.6 Å². The molecule has 1 N–H and O–H groups in total. The van der Waals surface area contributed by atoms with Gasteiger partial charge in [-0.2, -0.15) is 0 Å². The topological polar surface area (TPSA) is 46.9 Å². The Morgan fingerprint density at radius 1 is 1.17 bits per heavy atom. The molecule has 0 aliphatic rings. The number of nitrogens with zero attached hydrogens (tertiary/aromatic N) is 2. The number of anilines is 1. The van der Waals surface area contributed by atoms with Gasteiger partial charge in [-0.05, 0) is 24.3 Å². The number of hydrogen-bond acceptors (Lipinski definition) is 2. The first-order valence-electron chi connectivity index (χ1n) is 6.59. The smallest absolute Gasteiger partial charge is 0.257 e. The molecule has 4 nitrogen and oxygen atoms in total. The highest BCUT2D eigenvalue weighted by Gasteiger charge is 2.16. The molecule has 3 aromatic rings. The summed E-state index contributed by atoms with van der Waals surface area (Å²) in [6, 6.07) is 8.55. The first-order valence-corrected chi connectivity index (χ1v) is 6.97. The van der Waals surface area contributed by atoms with E-state index >= 15 is 0 Å². The number of benzene rings is 2. The van der Waals surface area contributed by atoms with Gasteiger partial charge in [0.05, 0.1) is 28.3 Å². The van der Waals surface area contributed by atoms with Crippen LogP contribution in [0.4, 0.5) is 14.5 Å². The molecule has 1 aromatic heterocycles. The summed E-state index contributed by atoms with van der Waals surface area (Å²) in [7, 11) is 0. The van der Waals surface area contributed by atoms with Crippen LogP contribution in [0.5, 0.6) is 0 Å². The molecular weight excluding hydrogens is 324 g/mol. The molecule has 116 valence electrons. The average molecular weight is 334 g/mol.